The number of esters is 1. The van der Waals surface area contributed by atoms with Crippen molar-refractivity contribution in [1.82, 2.24) is 9.88 Å². The number of rotatable bonds is 4. The predicted molar refractivity (Wildman–Crippen MR) is 118 cm³/mol. The Morgan fingerprint density at radius 2 is 2.03 bits per heavy atom. The van der Waals surface area contributed by atoms with Gasteiger partial charge in [-0.3, -0.25) is 0 Å². The second-order valence-corrected chi connectivity index (χ2v) is 10.3. The van der Waals surface area contributed by atoms with Gasteiger partial charge in [-0.1, -0.05) is 0 Å². The molecule has 0 aromatic carbocycles. The van der Waals surface area contributed by atoms with Gasteiger partial charge in [0.2, 0.25) is 0 Å². The van der Waals surface area contributed by atoms with E-state index < -0.39 is 11.6 Å². The lowest BCUT2D eigenvalue weighted by Crippen LogP contribution is -2.44. The zero-order valence-electron chi connectivity index (χ0n) is 17.1. The Morgan fingerprint density at radius 3 is 2.66 bits per heavy atom. The minimum atomic E-state index is -0.504. The number of nitrogens with zero attached hydrogens (tertiary/aromatic N) is 2. The average Bonchev–Trinajstić information content (AvgIpc) is 3.02. The molecule has 0 saturated carbocycles. The maximum absolute atomic E-state index is 12.5. The van der Waals surface area contributed by atoms with E-state index in [0.717, 1.165) is 32.5 Å². The highest BCUT2D eigenvalue weighted by Crippen LogP contribution is 2.36. The molecule has 0 radical (unpaired) electrons. The molecule has 2 aromatic rings. The molecule has 1 fully saturated rings. The van der Waals surface area contributed by atoms with Crippen LogP contribution in [0.5, 0.6) is 0 Å². The third-order valence-electron chi connectivity index (χ3n) is 4.52. The number of amides is 1. The Balaban J connectivity index is 1.76. The van der Waals surface area contributed by atoms with Gasteiger partial charge in [0, 0.05) is 30.7 Å². The normalized spacial score (nSPS) is 15.4. The summed E-state index contributed by atoms with van der Waals surface area (Å²) in [5.74, 6) is -0.391. The average molecular weight is 484 g/mol. The van der Waals surface area contributed by atoms with Gasteiger partial charge in [-0.2, -0.15) is 0 Å². The Labute approximate surface area is 182 Å². The molecule has 29 heavy (non-hydrogen) atoms. The molecule has 1 N–H and O–H groups in total. The monoisotopic (exact) mass is 483 g/mol. The van der Waals surface area contributed by atoms with E-state index in [1.54, 1.807) is 18.0 Å². The quantitative estimate of drug-likeness (QED) is 0.612. The van der Waals surface area contributed by atoms with Crippen LogP contribution in [0, 0.1) is 0 Å². The second kappa shape index (κ2) is 8.87. The number of pyridine rings is 1. The van der Waals surface area contributed by atoms with Gasteiger partial charge >= 0.3 is 12.1 Å². The summed E-state index contributed by atoms with van der Waals surface area (Å²) in [5, 5.41) is 4.41. The molecule has 3 rings (SSSR count). The third kappa shape index (κ3) is 5.39. The van der Waals surface area contributed by atoms with E-state index in [2.05, 4.69) is 26.2 Å². The molecule has 9 heteroatoms. The SMILES string of the molecule is CCOC(=O)c1cnc2sc(Br)cc2c1NC1CCN(C(=O)OC(C)(C)C)CC1. The molecule has 2 aromatic heterocycles. The number of likely N-dealkylation sites (tertiary alicyclic amines) is 1. The first kappa shape index (κ1) is 21.8. The minimum Gasteiger partial charge on any atom is -0.462 e. The van der Waals surface area contributed by atoms with Crippen LogP contribution >= 0.6 is 27.3 Å². The van der Waals surface area contributed by atoms with Crippen molar-refractivity contribution in [3.63, 3.8) is 0 Å². The Morgan fingerprint density at radius 1 is 1.34 bits per heavy atom. The molecule has 158 valence electrons. The van der Waals surface area contributed by atoms with Crippen molar-refractivity contribution >= 4 is 55.2 Å². The van der Waals surface area contributed by atoms with Gasteiger partial charge < -0.3 is 19.7 Å². The van der Waals surface area contributed by atoms with Crippen molar-refractivity contribution in [3.05, 3.63) is 21.6 Å². The molecule has 0 unspecified atom stereocenters. The number of anilines is 1. The molecule has 0 aliphatic carbocycles. The predicted octanol–water partition coefficient (Wildman–Crippen LogP) is 5.05. The number of fused-ring (bicyclic) bond motifs is 1. The van der Waals surface area contributed by atoms with Crippen LogP contribution in [0.4, 0.5) is 10.5 Å². The van der Waals surface area contributed by atoms with Crippen LogP contribution in [0.15, 0.2) is 16.0 Å². The fraction of sp³-hybridized carbons (Fsp3) is 0.550. The minimum absolute atomic E-state index is 0.131. The molecular formula is C20H26BrN3O4S. The van der Waals surface area contributed by atoms with E-state index in [0.29, 0.717) is 25.3 Å². The number of hydrogen-bond acceptors (Lipinski definition) is 7. The summed E-state index contributed by atoms with van der Waals surface area (Å²) in [6.45, 7) is 8.88. The number of carbonyl (C=O) groups is 2. The molecule has 7 nitrogen and oxygen atoms in total. The fourth-order valence-corrected chi connectivity index (χ4v) is 4.64. The summed E-state index contributed by atoms with van der Waals surface area (Å²) >= 11 is 5.02. The lowest BCUT2D eigenvalue weighted by atomic mass is 10.0. The van der Waals surface area contributed by atoms with Crippen LogP contribution in [0.2, 0.25) is 0 Å². The Kier molecular flexibility index (Phi) is 6.68. The topological polar surface area (TPSA) is 80.8 Å². The fourth-order valence-electron chi connectivity index (χ4n) is 3.22. The summed E-state index contributed by atoms with van der Waals surface area (Å²) in [4.78, 5) is 31.7. The number of halogens is 1. The van der Waals surface area contributed by atoms with Crippen LogP contribution in [0.3, 0.4) is 0 Å². The number of hydrogen-bond donors (Lipinski definition) is 1. The van der Waals surface area contributed by atoms with E-state index in [-0.39, 0.29) is 12.1 Å². The van der Waals surface area contributed by atoms with Crippen LogP contribution in [-0.2, 0) is 9.47 Å². The molecule has 1 saturated heterocycles. The van der Waals surface area contributed by atoms with Crippen molar-refractivity contribution in [2.75, 3.05) is 25.0 Å². The van der Waals surface area contributed by atoms with Crippen molar-refractivity contribution in [1.29, 1.82) is 0 Å². The number of nitrogens with one attached hydrogen (secondary N) is 1. The molecule has 1 aliphatic heterocycles. The van der Waals surface area contributed by atoms with Gasteiger partial charge in [-0.15, -0.1) is 11.3 Å². The molecule has 3 heterocycles. The molecular weight excluding hydrogens is 458 g/mol. The van der Waals surface area contributed by atoms with E-state index in [9.17, 15) is 9.59 Å². The maximum Gasteiger partial charge on any atom is 0.410 e. The summed E-state index contributed by atoms with van der Waals surface area (Å²) in [6.07, 6.45) is 2.81. The summed E-state index contributed by atoms with van der Waals surface area (Å²) < 4.78 is 11.6. The van der Waals surface area contributed by atoms with Gasteiger partial charge in [-0.05, 0) is 62.5 Å². The van der Waals surface area contributed by atoms with Crippen molar-refractivity contribution in [3.8, 4) is 0 Å². The van der Waals surface area contributed by atoms with Crippen molar-refractivity contribution in [2.45, 2.75) is 52.2 Å². The van der Waals surface area contributed by atoms with Gasteiger partial charge in [0.1, 0.15) is 16.0 Å². The van der Waals surface area contributed by atoms with Crippen molar-refractivity contribution < 1.29 is 19.1 Å². The first-order chi connectivity index (χ1) is 13.7. The largest absolute Gasteiger partial charge is 0.462 e. The van der Waals surface area contributed by atoms with E-state index in [1.807, 2.05) is 26.8 Å². The number of carbonyl (C=O) groups excluding carboxylic acids is 2. The van der Waals surface area contributed by atoms with Crippen LogP contribution in [0.1, 0.15) is 50.9 Å². The molecule has 0 atom stereocenters. The lowest BCUT2D eigenvalue weighted by molar-refractivity contribution is 0.0210. The highest BCUT2D eigenvalue weighted by molar-refractivity contribution is 9.11. The summed E-state index contributed by atoms with van der Waals surface area (Å²) in [5.41, 5.74) is 0.667. The number of ether oxygens (including phenoxy) is 2. The Bertz CT molecular complexity index is 901. The molecule has 1 aliphatic rings. The third-order valence-corrected chi connectivity index (χ3v) is 6.07. The second-order valence-electron chi connectivity index (χ2n) is 7.92. The number of thiophene rings is 1. The van der Waals surface area contributed by atoms with Crippen LogP contribution in [-0.4, -0.2) is 53.3 Å². The van der Waals surface area contributed by atoms with Gasteiger partial charge in [0.15, 0.2) is 0 Å². The maximum atomic E-state index is 12.5. The first-order valence-electron chi connectivity index (χ1n) is 9.67. The zero-order chi connectivity index (χ0) is 21.2. The zero-order valence-corrected chi connectivity index (χ0v) is 19.5. The highest BCUT2D eigenvalue weighted by atomic mass is 79.9. The van der Waals surface area contributed by atoms with Gasteiger partial charge in [0.05, 0.1) is 16.1 Å². The van der Waals surface area contributed by atoms with Gasteiger partial charge in [-0.25, -0.2) is 14.6 Å². The standard InChI is InChI=1S/C20H26BrN3O4S/c1-5-27-18(25)14-11-22-17-13(10-15(21)29-17)16(14)23-12-6-8-24(9-7-12)19(26)28-20(2,3)4/h10-12H,5-9H2,1-4H3,(H,22,23). The smallest absolute Gasteiger partial charge is 0.410 e. The van der Waals surface area contributed by atoms with Crippen molar-refractivity contribution in [2.24, 2.45) is 0 Å². The summed E-state index contributed by atoms with van der Waals surface area (Å²) in [6, 6.07) is 2.10. The first-order valence-corrected chi connectivity index (χ1v) is 11.3. The van der Waals surface area contributed by atoms with Gasteiger partial charge in [0.25, 0.3) is 0 Å². The number of piperidine rings is 1. The highest BCUT2D eigenvalue weighted by Gasteiger charge is 2.28. The number of aromatic nitrogens is 1. The Hall–Kier alpha value is -1.87. The summed E-state index contributed by atoms with van der Waals surface area (Å²) in [7, 11) is 0. The van der Waals surface area contributed by atoms with Crippen LogP contribution < -0.4 is 5.32 Å². The molecule has 0 spiro atoms. The molecule has 1 amide bonds. The molecule has 0 bridgehead atoms. The van der Waals surface area contributed by atoms with E-state index in [1.165, 1.54) is 11.3 Å². The lowest BCUT2D eigenvalue weighted by Gasteiger charge is -2.34. The van der Waals surface area contributed by atoms with Crippen LogP contribution in [0.25, 0.3) is 10.2 Å². The van der Waals surface area contributed by atoms with E-state index >= 15 is 0 Å². The van der Waals surface area contributed by atoms with E-state index in [4.69, 9.17) is 9.47 Å².